The van der Waals surface area contributed by atoms with Gasteiger partial charge in [0.15, 0.2) is 0 Å². The van der Waals surface area contributed by atoms with Crippen LogP contribution in [-0.4, -0.2) is 52.2 Å². The standard InChI is InChI=1S/C28H30F2N4O2/c1-3-14-32-15-13-24-20(17-32)23(31-34(24)25-9-4-5-10-26(25)36-2)18-33(16-19-11-12-19)28(35)27-21(29)7-6-8-22(27)30/h3-10,19H,1,11-18H2,2H3. The molecule has 3 aromatic rings. The number of carbonyl (C=O) groups is 1. The maximum atomic E-state index is 14.5. The second kappa shape index (κ2) is 10.2. The van der Waals surface area contributed by atoms with Crippen LogP contribution in [0.1, 0.15) is 40.2 Å². The first-order valence-electron chi connectivity index (χ1n) is 12.3. The molecule has 6 nitrogen and oxygen atoms in total. The highest BCUT2D eigenvalue weighted by molar-refractivity contribution is 5.94. The molecule has 0 radical (unpaired) electrons. The molecule has 0 saturated heterocycles. The van der Waals surface area contributed by atoms with Crippen molar-refractivity contribution in [3.8, 4) is 11.4 Å². The average Bonchev–Trinajstić information content (AvgIpc) is 3.63. The van der Waals surface area contributed by atoms with Crippen LogP contribution in [0.25, 0.3) is 5.69 Å². The normalized spacial score (nSPS) is 15.4. The molecule has 1 fully saturated rings. The first-order chi connectivity index (χ1) is 17.5. The molecule has 1 aromatic heterocycles. The van der Waals surface area contributed by atoms with Gasteiger partial charge in [0.05, 0.1) is 25.0 Å². The van der Waals surface area contributed by atoms with Crippen molar-refractivity contribution in [2.75, 3.05) is 26.7 Å². The molecule has 1 saturated carbocycles. The van der Waals surface area contributed by atoms with E-state index in [1.165, 1.54) is 6.07 Å². The molecule has 0 unspecified atom stereocenters. The smallest absolute Gasteiger partial charge is 0.260 e. The summed E-state index contributed by atoms with van der Waals surface area (Å²) in [6.07, 6.45) is 4.65. The van der Waals surface area contributed by atoms with Crippen LogP contribution in [0.5, 0.6) is 5.75 Å². The third kappa shape index (κ3) is 4.78. The van der Waals surface area contributed by atoms with Crippen LogP contribution in [0.3, 0.4) is 0 Å². The SMILES string of the molecule is C=CCN1CCc2c(c(CN(CC3CC3)C(=O)c3c(F)cccc3F)nn2-c2ccccc2OC)C1. The molecule has 2 aliphatic rings. The molecule has 1 aliphatic carbocycles. The number of halogens is 2. The van der Waals surface area contributed by atoms with Crippen LogP contribution >= 0.6 is 0 Å². The van der Waals surface area contributed by atoms with Gasteiger partial charge in [-0.3, -0.25) is 9.69 Å². The Balaban J connectivity index is 1.55. The number of nitrogens with zero attached hydrogens (tertiary/aromatic N) is 4. The molecule has 8 heteroatoms. The number of aromatic nitrogens is 2. The lowest BCUT2D eigenvalue weighted by molar-refractivity contribution is 0.0721. The minimum atomic E-state index is -0.848. The van der Waals surface area contributed by atoms with Gasteiger partial charge < -0.3 is 9.64 Å². The van der Waals surface area contributed by atoms with Crippen molar-refractivity contribution in [1.82, 2.24) is 19.6 Å². The van der Waals surface area contributed by atoms with E-state index in [1.54, 1.807) is 12.0 Å². The lowest BCUT2D eigenvalue weighted by atomic mass is 10.0. The molecule has 5 rings (SSSR count). The molecular formula is C28H30F2N4O2. The van der Waals surface area contributed by atoms with Crippen LogP contribution in [0.2, 0.25) is 0 Å². The fraction of sp³-hybridized carbons (Fsp3) is 0.357. The van der Waals surface area contributed by atoms with E-state index in [2.05, 4.69) is 11.5 Å². The highest BCUT2D eigenvalue weighted by Gasteiger charge is 2.33. The lowest BCUT2D eigenvalue weighted by Gasteiger charge is -2.28. The van der Waals surface area contributed by atoms with E-state index in [1.807, 2.05) is 35.0 Å². The Labute approximate surface area is 209 Å². The molecule has 188 valence electrons. The number of fused-ring (bicyclic) bond motifs is 1. The van der Waals surface area contributed by atoms with E-state index in [-0.39, 0.29) is 6.54 Å². The van der Waals surface area contributed by atoms with Crippen LogP contribution in [-0.2, 0) is 19.5 Å². The van der Waals surface area contributed by atoms with Crippen molar-refractivity contribution >= 4 is 5.91 Å². The summed E-state index contributed by atoms with van der Waals surface area (Å²) >= 11 is 0. The summed E-state index contributed by atoms with van der Waals surface area (Å²) in [6, 6.07) is 11.2. The monoisotopic (exact) mass is 492 g/mol. The maximum absolute atomic E-state index is 14.5. The summed E-state index contributed by atoms with van der Waals surface area (Å²) in [6.45, 7) is 6.74. The number of ether oxygens (including phenoxy) is 1. The van der Waals surface area contributed by atoms with Crippen LogP contribution in [0.15, 0.2) is 55.1 Å². The Kier molecular flexibility index (Phi) is 6.87. The minimum absolute atomic E-state index is 0.176. The number of methoxy groups -OCH3 is 1. The summed E-state index contributed by atoms with van der Waals surface area (Å²) in [5, 5.41) is 4.96. The van der Waals surface area contributed by atoms with Crippen molar-refractivity contribution in [2.24, 2.45) is 5.92 Å². The zero-order valence-electron chi connectivity index (χ0n) is 20.4. The van der Waals surface area contributed by atoms with E-state index in [4.69, 9.17) is 9.84 Å². The largest absolute Gasteiger partial charge is 0.494 e. The predicted molar refractivity (Wildman–Crippen MR) is 133 cm³/mol. The molecule has 0 bridgehead atoms. The second-order valence-electron chi connectivity index (χ2n) is 9.46. The second-order valence-corrected chi connectivity index (χ2v) is 9.46. The van der Waals surface area contributed by atoms with Crippen LogP contribution in [0, 0.1) is 17.6 Å². The third-order valence-electron chi connectivity index (χ3n) is 6.90. The Bertz CT molecular complexity index is 1260. The number of carbonyl (C=O) groups excluding carboxylic acids is 1. The van der Waals surface area contributed by atoms with E-state index < -0.39 is 23.1 Å². The Hall–Kier alpha value is -3.52. The first-order valence-corrected chi connectivity index (χ1v) is 12.3. The highest BCUT2D eigenvalue weighted by atomic mass is 19.1. The molecule has 0 atom stereocenters. The third-order valence-corrected chi connectivity index (χ3v) is 6.90. The number of amides is 1. The fourth-order valence-electron chi connectivity index (χ4n) is 4.88. The van der Waals surface area contributed by atoms with Crippen molar-refractivity contribution in [3.63, 3.8) is 0 Å². The Morgan fingerprint density at radius 1 is 1.19 bits per heavy atom. The quantitative estimate of drug-likeness (QED) is 0.405. The van der Waals surface area contributed by atoms with E-state index in [0.717, 1.165) is 67.1 Å². The molecule has 0 N–H and O–H groups in total. The van der Waals surface area contributed by atoms with Gasteiger partial charge in [0.2, 0.25) is 0 Å². The van der Waals surface area contributed by atoms with Gasteiger partial charge in [-0.15, -0.1) is 6.58 Å². The zero-order chi connectivity index (χ0) is 25.2. The molecular weight excluding hydrogens is 462 g/mol. The summed E-state index contributed by atoms with van der Waals surface area (Å²) in [5.41, 5.74) is 3.14. The predicted octanol–water partition coefficient (Wildman–Crippen LogP) is 4.76. The summed E-state index contributed by atoms with van der Waals surface area (Å²) in [7, 11) is 1.63. The van der Waals surface area contributed by atoms with Crippen molar-refractivity contribution < 1.29 is 18.3 Å². The van der Waals surface area contributed by atoms with E-state index in [9.17, 15) is 13.6 Å². The Morgan fingerprint density at radius 3 is 2.64 bits per heavy atom. The van der Waals surface area contributed by atoms with Crippen molar-refractivity contribution in [3.05, 3.63) is 89.3 Å². The maximum Gasteiger partial charge on any atom is 0.260 e. The lowest BCUT2D eigenvalue weighted by Crippen LogP contribution is -2.35. The van der Waals surface area contributed by atoms with Crippen molar-refractivity contribution in [1.29, 1.82) is 0 Å². The van der Waals surface area contributed by atoms with Gasteiger partial charge in [0.25, 0.3) is 5.91 Å². The van der Waals surface area contributed by atoms with Gasteiger partial charge in [-0.1, -0.05) is 24.3 Å². The Morgan fingerprint density at radius 2 is 1.94 bits per heavy atom. The first kappa shape index (κ1) is 24.2. The molecule has 1 amide bonds. The number of benzene rings is 2. The van der Waals surface area contributed by atoms with Gasteiger partial charge in [0, 0.05) is 38.2 Å². The molecule has 2 aromatic carbocycles. The van der Waals surface area contributed by atoms with Gasteiger partial charge in [0.1, 0.15) is 28.6 Å². The van der Waals surface area contributed by atoms with Gasteiger partial charge >= 0.3 is 0 Å². The zero-order valence-corrected chi connectivity index (χ0v) is 20.4. The fourth-order valence-corrected chi connectivity index (χ4v) is 4.88. The summed E-state index contributed by atoms with van der Waals surface area (Å²) in [4.78, 5) is 17.3. The minimum Gasteiger partial charge on any atom is -0.494 e. The van der Waals surface area contributed by atoms with Gasteiger partial charge in [-0.2, -0.15) is 5.10 Å². The van der Waals surface area contributed by atoms with Crippen LogP contribution in [0.4, 0.5) is 8.78 Å². The number of rotatable bonds is 9. The topological polar surface area (TPSA) is 50.6 Å². The highest BCUT2D eigenvalue weighted by Crippen LogP contribution is 2.33. The summed E-state index contributed by atoms with van der Waals surface area (Å²) < 4.78 is 36.6. The van der Waals surface area contributed by atoms with E-state index >= 15 is 0 Å². The number of hydrogen-bond donors (Lipinski definition) is 0. The molecule has 2 heterocycles. The average molecular weight is 493 g/mol. The van der Waals surface area contributed by atoms with Crippen molar-refractivity contribution in [2.45, 2.75) is 32.4 Å². The molecule has 0 spiro atoms. The number of para-hydroxylation sites is 2. The number of hydrogen-bond acceptors (Lipinski definition) is 4. The van der Waals surface area contributed by atoms with Crippen LogP contribution < -0.4 is 4.74 Å². The van der Waals surface area contributed by atoms with Gasteiger partial charge in [-0.25, -0.2) is 13.5 Å². The van der Waals surface area contributed by atoms with Gasteiger partial charge in [-0.05, 0) is 43.0 Å². The summed E-state index contributed by atoms with van der Waals surface area (Å²) in [5.74, 6) is -1.30. The molecule has 1 aliphatic heterocycles. The van der Waals surface area contributed by atoms with E-state index in [0.29, 0.717) is 24.8 Å². The molecule has 36 heavy (non-hydrogen) atoms.